The minimum absolute atomic E-state index is 0.154. The van der Waals surface area contributed by atoms with Gasteiger partial charge in [-0.25, -0.2) is 14.2 Å². The Labute approximate surface area is 109 Å². The van der Waals surface area contributed by atoms with Crippen LogP contribution in [-0.4, -0.2) is 43.9 Å². The van der Waals surface area contributed by atoms with Gasteiger partial charge < -0.3 is 9.84 Å². The van der Waals surface area contributed by atoms with Crippen LogP contribution in [0.3, 0.4) is 0 Å². The molecular weight excluding hydrogens is 248 g/mol. The number of hydrogen-bond donors (Lipinski definition) is 1. The average Bonchev–Trinajstić information content (AvgIpc) is 3.08. The van der Waals surface area contributed by atoms with Gasteiger partial charge in [-0.15, -0.1) is 0 Å². The SMILES string of the molecule is O=C(O)c1cnn(C2CCOCC2)c1-n1cccn1. The fraction of sp³-hybridized carbons (Fsp3) is 0.417. The van der Waals surface area contributed by atoms with E-state index < -0.39 is 5.97 Å². The molecule has 0 radical (unpaired) electrons. The highest BCUT2D eigenvalue weighted by molar-refractivity contribution is 5.90. The number of carboxylic acid groups (broad SMARTS) is 1. The highest BCUT2D eigenvalue weighted by atomic mass is 16.5. The maximum atomic E-state index is 11.3. The lowest BCUT2D eigenvalue weighted by atomic mass is 10.1. The van der Waals surface area contributed by atoms with Crippen molar-refractivity contribution in [2.45, 2.75) is 18.9 Å². The summed E-state index contributed by atoms with van der Waals surface area (Å²) in [6.45, 7) is 1.34. The first-order chi connectivity index (χ1) is 9.27. The minimum Gasteiger partial charge on any atom is -0.477 e. The van der Waals surface area contributed by atoms with Gasteiger partial charge in [-0.05, 0) is 18.9 Å². The molecule has 0 saturated carbocycles. The van der Waals surface area contributed by atoms with Gasteiger partial charge in [-0.2, -0.15) is 10.2 Å². The summed E-state index contributed by atoms with van der Waals surface area (Å²) in [7, 11) is 0. The molecule has 1 N–H and O–H groups in total. The molecule has 0 aromatic carbocycles. The molecule has 7 nitrogen and oxygen atoms in total. The smallest absolute Gasteiger partial charge is 0.341 e. The van der Waals surface area contributed by atoms with Crippen molar-refractivity contribution in [3.05, 3.63) is 30.2 Å². The lowest BCUT2D eigenvalue weighted by molar-refractivity contribution is 0.0658. The highest BCUT2D eigenvalue weighted by Crippen LogP contribution is 2.25. The fourth-order valence-corrected chi connectivity index (χ4v) is 2.33. The molecule has 1 fully saturated rings. The van der Waals surface area contributed by atoms with Crippen LogP contribution in [0.15, 0.2) is 24.7 Å². The van der Waals surface area contributed by atoms with E-state index in [-0.39, 0.29) is 11.6 Å². The van der Waals surface area contributed by atoms with Crippen molar-refractivity contribution in [1.29, 1.82) is 0 Å². The molecule has 100 valence electrons. The first-order valence-corrected chi connectivity index (χ1v) is 6.16. The van der Waals surface area contributed by atoms with E-state index >= 15 is 0 Å². The number of hydrogen-bond acceptors (Lipinski definition) is 4. The summed E-state index contributed by atoms with van der Waals surface area (Å²) in [5.74, 6) is -0.492. The van der Waals surface area contributed by atoms with Crippen LogP contribution >= 0.6 is 0 Å². The molecule has 3 heterocycles. The summed E-state index contributed by atoms with van der Waals surface area (Å²) in [6.07, 6.45) is 6.38. The monoisotopic (exact) mass is 262 g/mol. The predicted molar refractivity (Wildman–Crippen MR) is 65.4 cm³/mol. The number of carbonyl (C=O) groups is 1. The van der Waals surface area contributed by atoms with Crippen LogP contribution in [-0.2, 0) is 4.74 Å². The van der Waals surface area contributed by atoms with Crippen LogP contribution in [0.25, 0.3) is 5.82 Å². The minimum atomic E-state index is -0.996. The molecule has 1 aliphatic rings. The quantitative estimate of drug-likeness (QED) is 0.896. The number of carboxylic acids is 1. The third-order valence-electron chi connectivity index (χ3n) is 3.26. The van der Waals surface area contributed by atoms with Crippen molar-refractivity contribution in [3.8, 4) is 5.82 Å². The predicted octanol–water partition coefficient (Wildman–Crippen LogP) is 1.12. The molecule has 0 bridgehead atoms. The number of aromatic carboxylic acids is 1. The molecule has 0 atom stereocenters. The van der Waals surface area contributed by atoms with Crippen LogP contribution in [0.4, 0.5) is 0 Å². The number of ether oxygens (including phenoxy) is 1. The van der Waals surface area contributed by atoms with E-state index in [1.54, 1.807) is 27.8 Å². The second kappa shape index (κ2) is 4.85. The molecule has 0 amide bonds. The lowest BCUT2D eigenvalue weighted by Gasteiger charge is -2.24. The first kappa shape index (κ1) is 11.9. The Morgan fingerprint density at radius 1 is 1.37 bits per heavy atom. The van der Waals surface area contributed by atoms with Crippen LogP contribution in [0.5, 0.6) is 0 Å². The maximum Gasteiger partial charge on any atom is 0.341 e. The second-order valence-electron chi connectivity index (χ2n) is 4.43. The first-order valence-electron chi connectivity index (χ1n) is 6.16. The molecule has 3 rings (SSSR count). The van der Waals surface area contributed by atoms with Gasteiger partial charge in [0.1, 0.15) is 5.56 Å². The van der Waals surface area contributed by atoms with Crippen molar-refractivity contribution in [2.75, 3.05) is 13.2 Å². The molecule has 7 heteroatoms. The normalized spacial score (nSPS) is 16.6. The molecule has 0 aliphatic carbocycles. The van der Waals surface area contributed by atoms with Crippen molar-refractivity contribution < 1.29 is 14.6 Å². The van der Waals surface area contributed by atoms with Gasteiger partial charge in [0.15, 0.2) is 5.82 Å². The van der Waals surface area contributed by atoms with Crippen molar-refractivity contribution in [1.82, 2.24) is 19.6 Å². The fourth-order valence-electron chi connectivity index (χ4n) is 2.33. The van der Waals surface area contributed by atoms with E-state index in [0.29, 0.717) is 19.0 Å². The molecule has 2 aromatic heterocycles. The maximum absolute atomic E-state index is 11.3. The summed E-state index contributed by atoms with van der Waals surface area (Å²) in [6, 6.07) is 1.91. The van der Waals surface area contributed by atoms with E-state index in [9.17, 15) is 9.90 Å². The Hall–Kier alpha value is -2.15. The van der Waals surface area contributed by atoms with Crippen LogP contribution in [0, 0.1) is 0 Å². The van der Waals surface area contributed by atoms with E-state index in [1.807, 2.05) is 0 Å². The summed E-state index contributed by atoms with van der Waals surface area (Å²) < 4.78 is 8.62. The van der Waals surface area contributed by atoms with Crippen LogP contribution < -0.4 is 0 Å². The molecule has 1 saturated heterocycles. The van der Waals surface area contributed by atoms with Gasteiger partial charge >= 0.3 is 5.97 Å². The zero-order valence-electron chi connectivity index (χ0n) is 10.3. The second-order valence-corrected chi connectivity index (χ2v) is 4.43. The summed E-state index contributed by atoms with van der Waals surface area (Å²) >= 11 is 0. The topological polar surface area (TPSA) is 82.2 Å². The van der Waals surface area contributed by atoms with E-state index in [4.69, 9.17) is 4.74 Å². The zero-order valence-corrected chi connectivity index (χ0v) is 10.3. The number of aromatic nitrogens is 4. The summed E-state index contributed by atoms with van der Waals surface area (Å²) in [4.78, 5) is 11.3. The lowest BCUT2D eigenvalue weighted by Crippen LogP contribution is -2.23. The van der Waals surface area contributed by atoms with E-state index in [1.165, 1.54) is 6.20 Å². The van der Waals surface area contributed by atoms with E-state index in [0.717, 1.165) is 12.8 Å². The van der Waals surface area contributed by atoms with Gasteiger partial charge in [-0.3, -0.25) is 0 Å². The average molecular weight is 262 g/mol. The molecular formula is C12H14N4O3. The number of nitrogens with zero attached hydrogens (tertiary/aromatic N) is 4. The van der Waals surface area contributed by atoms with Crippen LogP contribution in [0.2, 0.25) is 0 Å². The third kappa shape index (κ3) is 2.12. The number of rotatable bonds is 3. The third-order valence-corrected chi connectivity index (χ3v) is 3.26. The highest BCUT2D eigenvalue weighted by Gasteiger charge is 2.25. The molecule has 1 aliphatic heterocycles. The summed E-state index contributed by atoms with van der Waals surface area (Å²) in [5, 5.41) is 17.6. The molecule has 0 unspecified atom stereocenters. The Bertz CT molecular complexity index is 570. The Morgan fingerprint density at radius 3 is 2.79 bits per heavy atom. The van der Waals surface area contributed by atoms with Gasteiger partial charge in [-0.1, -0.05) is 0 Å². The van der Waals surface area contributed by atoms with Gasteiger partial charge in [0.25, 0.3) is 0 Å². The largest absolute Gasteiger partial charge is 0.477 e. The van der Waals surface area contributed by atoms with Gasteiger partial charge in [0.2, 0.25) is 0 Å². The Kier molecular flexibility index (Phi) is 3.04. The Balaban J connectivity index is 2.06. The molecule has 2 aromatic rings. The van der Waals surface area contributed by atoms with Crippen molar-refractivity contribution in [3.63, 3.8) is 0 Å². The van der Waals surface area contributed by atoms with Crippen LogP contribution in [0.1, 0.15) is 29.2 Å². The van der Waals surface area contributed by atoms with Gasteiger partial charge in [0.05, 0.1) is 12.2 Å². The van der Waals surface area contributed by atoms with E-state index in [2.05, 4.69) is 10.2 Å². The summed E-state index contributed by atoms with van der Waals surface area (Å²) in [5.41, 5.74) is 0.162. The molecule has 19 heavy (non-hydrogen) atoms. The van der Waals surface area contributed by atoms with Gasteiger partial charge in [0, 0.05) is 25.6 Å². The van der Waals surface area contributed by atoms with Crippen molar-refractivity contribution >= 4 is 5.97 Å². The molecule has 0 spiro atoms. The van der Waals surface area contributed by atoms with Crippen molar-refractivity contribution in [2.24, 2.45) is 0 Å². The standard InChI is InChI=1S/C12H14N4O3/c17-12(18)10-8-14-16(9-2-6-19-7-3-9)11(10)15-5-1-4-13-15/h1,4-5,8-9H,2-3,6-7H2,(H,17,18). The Morgan fingerprint density at radius 2 is 2.16 bits per heavy atom. The zero-order chi connectivity index (χ0) is 13.2.